The fourth-order valence-corrected chi connectivity index (χ4v) is 3.06. The number of ether oxygens (including phenoxy) is 3. The van der Waals surface area contributed by atoms with Gasteiger partial charge in [0.2, 0.25) is 0 Å². The summed E-state index contributed by atoms with van der Waals surface area (Å²) in [6.45, 7) is 8.37. The lowest BCUT2D eigenvalue weighted by Gasteiger charge is -2.30. The van der Waals surface area contributed by atoms with Crippen LogP contribution in [0, 0.1) is 6.92 Å². The van der Waals surface area contributed by atoms with Crippen molar-refractivity contribution in [1.29, 1.82) is 0 Å². The van der Waals surface area contributed by atoms with E-state index >= 15 is 0 Å². The first kappa shape index (κ1) is 21.5. The lowest BCUT2D eigenvalue weighted by atomic mass is 10.2. The molecular formula is C23H28N2O5. The summed E-state index contributed by atoms with van der Waals surface area (Å²) in [5.41, 5.74) is 1.69. The van der Waals surface area contributed by atoms with Crippen molar-refractivity contribution < 1.29 is 23.8 Å². The molecule has 7 nitrogen and oxygen atoms in total. The van der Waals surface area contributed by atoms with Gasteiger partial charge < -0.3 is 19.1 Å². The second-order valence-electron chi connectivity index (χ2n) is 8.16. The maximum atomic E-state index is 12.4. The standard InChI is InChI=1S/C23H28N2O5/c1-16-7-5-8-18(13-16)28-12-6-11-25-19-14-17(24-22(27)30-23(2,3)4)9-10-20(19)29-15-21(25)26/h5,7-10,13-14H,6,11-12,15H2,1-4H3,(H,24,27). The van der Waals surface area contributed by atoms with Gasteiger partial charge >= 0.3 is 6.09 Å². The van der Waals surface area contributed by atoms with Crippen molar-refractivity contribution in [3.8, 4) is 11.5 Å². The van der Waals surface area contributed by atoms with Crippen LogP contribution in [0.3, 0.4) is 0 Å². The fraction of sp³-hybridized carbons (Fsp3) is 0.391. The van der Waals surface area contributed by atoms with Gasteiger partial charge in [-0.05, 0) is 70.0 Å². The van der Waals surface area contributed by atoms with E-state index in [2.05, 4.69) is 5.32 Å². The fourth-order valence-electron chi connectivity index (χ4n) is 3.06. The van der Waals surface area contributed by atoms with Crippen LogP contribution < -0.4 is 19.7 Å². The molecule has 0 atom stereocenters. The van der Waals surface area contributed by atoms with Gasteiger partial charge in [0.15, 0.2) is 6.61 Å². The molecule has 0 saturated heterocycles. The van der Waals surface area contributed by atoms with Gasteiger partial charge in [0.25, 0.3) is 5.91 Å². The third-order valence-corrected chi connectivity index (χ3v) is 4.33. The Bertz CT molecular complexity index is 920. The highest BCUT2D eigenvalue weighted by atomic mass is 16.6. The van der Waals surface area contributed by atoms with Crippen LogP contribution in [0.4, 0.5) is 16.2 Å². The minimum atomic E-state index is -0.597. The molecule has 30 heavy (non-hydrogen) atoms. The Morgan fingerprint density at radius 2 is 2.00 bits per heavy atom. The van der Waals surface area contributed by atoms with Gasteiger partial charge in [0, 0.05) is 12.2 Å². The Hall–Kier alpha value is -3.22. The average Bonchev–Trinajstić information content (AvgIpc) is 2.65. The number of carbonyl (C=O) groups is 2. The van der Waals surface area contributed by atoms with Gasteiger partial charge in [-0.25, -0.2) is 4.79 Å². The van der Waals surface area contributed by atoms with Gasteiger partial charge in [-0.3, -0.25) is 10.1 Å². The number of nitrogens with zero attached hydrogens (tertiary/aromatic N) is 1. The van der Waals surface area contributed by atoms with Gasteiger partial charge in [-0.2, -0.15) is 0 Å². The topological polar surface area (TPSA) is 77.1 Å². The summed E-state index contributed by atoms with van der Waals surface area (Å²) in [7, 11) is 0. The molecule has 0 aromatic heterocycles. The molecule has 1 heterocycles. The number of benzene rings is 2. The number of rotatable bonds is 6. The summed E-state index contributed by atoms with van der Waals surface area (Å²) in [6.07, 6.45) is 0.103. The zero-order valence-corrected chi connectivity index (χ0v) is 17.9. The molecule has 1 N–H and O–H groups in total. The Morgan fingerprint density at radius 1 is 1.20 bits per heavy atom. The van der Waals surface area contributed by atoms with E-state index < -0.39 is 11.7 Å². The summed E-state index contributed by atoms with van der Waals surface area (Å²) in [5, 5.41) is 2.70. The maximum Gasteiger partial charge on any atom is 0.412 e. The number of fused-ring (bicyclic) bond motifs is 1. The molecule has 0 bridgehead atoms. The molecule has 0 saturated carbocycles. The third-order valence-electron chi connectivity index (χ3n) is 4.33. The van der Waals surface area contributed by atoms with Crippen molar-refractivity contribution >= 4 is 23.4 Å². The minimum Gasteiger partial charge on any atom is -0.494 e. The van der Waals surface area contributed by atoms with Crippen molar-refractivity contribution in [2.45, 2.75) is 39.7 Å². The molecule has 3 rings (SSSR count). The van der Waals surface area contributed by atoms with E-state index in [0.29, 0.717) is 36.7 Å². The molecule has 0 aliphatic carbocycles. The zero-order valence-electron chi connectivity index (χ0n) is 17.9. The van der Waals surface area contributed by atoms with E-state index in [0.717, 1.165) is 11.3 Å². The van der Waals surface area contributed by atoms with Crippen molar-refractivity contribution in [2.75, 3.05) is 30.0 Å². The van der Waals surface area contributed by atoms with Gasteiger partial charge in [-0.1, -0.05) is 12.1 Å². The second-order valence-corrected chi connectivity index (χ2v) is 8.16. The first-order chi connectivity index (χ1) is 14.2. The molecule has 1 aliphatic heterocycles. The number of nitrogens with one attached hydrogen (secondary N) is 1. The van der Waals surface area contributed by atoms with Crippen molar-refractivity contribution in [3.05, 3.63) is 48.0 Å². The minimum absolute atomic E-state index is 0.00935. The number of carbonyl (C=O) groups excluding carboxylic acids is 2. The Labute approximate surface area is 176 Å². The summed E-state index contributed by atoms with van der Waals surface area (Å²) < 4.78 is 16.6. The first-order valence-electron chi connectivity index (χ1n) is 9.98. The highest BCUT2D eigenvalue weighted by molar-refractivity contribution is 5.99. The van der Waals surface area contributed by atoms with Crippen molar-refractivity contribution in [1.82, 2.24) is 0 Å². The van der Waals surface area contributed by atoms with Crippen molar-refractivity contribution in [2.24, 2.45) is 0 Å². The van der Waals surface area contributed by atoms with Crippen LogP contribution in [-0.2, 0) is 9.53 Å². The van der Waals surface area contributed by atoms with Crippen LogP contribution in [-0.4, -0.2) is 37.4 Å². The molecule has 7 heteroatoms. The molecule has 1 aliphatic rings. The molecule has 0 radical (unpaired) electrons. The average molecular weight is 412 g/mol. The summed E-state index contributed by atoms with van der Waals surface area (Å²) in [6, 6.07) is 13.0. The van der Waals surface area contributed by atoms with E-state index in [1.807, 2.05) is 31.2 Å². The first-order valence-corrected chi connectivity index (χ1v) is 9.98. The molecular weight excluding hydrogens is 384 g/mol. The largest absolute Gasteiger partial charge is 0.494 e. The molecule has 160 valence electrons. The van der Waals surface area contributed by atoms with Crippen molar-refractivity contribution in [3.63, 3.8) is 0 Å². The molecule has 2 amide bonds. The molecule has 0 spiro atoms. The predicted molar refractivity (Wildman–Crippen MR) is 115 cm³/mol. The summed E-state index contributed by atoms with van der Waals surface area (Å²) in [4.78, 5) is 26.2. The van der Waals surface area contributed by atoms with Gasteiger partial charge in [0.05, 0.1) is 12.3 Å². The van der Waals surface area contributed by atoms with Crippen LogP contribution >= 0.6 is 0 Å². The maximum absolute atomic E-state index is 12.4. The van der Waals surface area contributed by atoms with Crippen LogP contribution in [0.2, 0.25) is 0 Å². The quantitative estimate of drug-likeness (QED) is 0.705. The molecule has 0 fully saturated rings. The van der Waals surface area contributed by atoms with E-state index in [-0.39, 0.29) is 12.5 Å². The van der Waals surface area contributed by atoms with Gasteiger partial charge in [-0.15, -0.1) is 0 Å². The lowest BCUT2D eigenvalue weighted by Crippen LogP contribution is -2.40. The van der Waals surface area contributed by atoms with Crippen LogP contribution in [0.1, 0.15) is 32.8 Å². The summed E-state index contributed by atoms with van der Waals surface area (Å²) in [5.74, 6) is 1.28. The van der Waals surface area contributed by atoms with Crippen LogP contribution in [0.15, 0.2) is 42.5 Å². The zero-order chi connectivity index (χ0) is 21.7. The third kappa shape index (κ3) is 5.89. The second kappa shape index (κ2) is 9.07. The predicted octanol–water partition coefficient (Wildman–Crippen LogP) is 4.54. The SMILES string of the molecule is Cc1cccc(OCCCN2C(=O)COc3ccc(NC(=O)OC(C)(C)C)cc32)c1. The monoisotopic (exact) mass is 412 g/mol. The van der Waals surface area contributed by atoms with Crippen LogP contribution in [0.25, 0.3) is 0 Å². The smallest absolute Gasteiger partial charge is 0.412 e. The van der Waals surface area contributed by atoms with E-state index in [1.54, 1.807) is 43.9 Å². The Kier molecular flexibility index (Phi) is 6.50. The number of hydrogen-bond acceptors (Lipinski definition) is 5. The number of hydrogen-bond donors (Lipinski definition) is 1. The number of anilines is 2. The highest BCUT2D eigenvalue weighted by Crippen LogP contribution is 2.34. The Morgan fingerprint density at radius 3 is 2.73 bits per heavy atom. The van der Waals surface area contributed by atoms with E-state index in [4.69, 9.17) is 14.2 Å². The normalized spacial score (nSPS) is 13.3. The van der Waals surface area contributed by atoms with Crippen LogP contribution in [0.5, 0.6) is 11.5 Å². The number of amides is 2. The Balaban J connectivity index is 1.63. The molecule has 2 aromatic carbocycles. The lowest BCUT2D eigenvalue weighted by molar-refractivity contribution is -0.121. The summed E-state index contributed by atoms with van der Waals surface area (Å²) >= 11 is 0. The molecule has 0 unspecified atom stereocenters. The van der Waals surface area contributed by atoms with Gasteiger partial charge in [0.1, 0.15) is 17.1 Å². The van der Waals surface area contributed by atoms with E-state index in [9.17, 15) is 9.59 Å². The highest BCUT2D eigenvalue weighted by Gasteiger charge is 2.26. The van der Waals surface area contributed by atoms with E-state index in [1.165, 1.54) is 0 Å². The molecule has 2 aromatic rings. The number of aryl methyl sites for hydroxylation is 1.